The van der Waals surface area contributed by atoms with Crippen molar-refractivity contribution < 1.29 is 28.3 Å². The molecule has 15 nitrogen and oxygen atoms in total. The first-order chi connectivity index (χ1) is 33.6. The van der Waals surface area contributed by atoms with Gasteiger partial charge < -0.3 is 29.7 Å². The highest BCUT2D eigenvalue weighted by atomic mass is 19.1. The number of nitrogens with one attached hydrogen (secondary N) is 2. The standard InChI is InChI=1S/C53H55FN10O5/c1-2-33-6-3-7-34-8-4-9-37(43(33)34)46-45(54)47-39(26-55-46)48(63-28-35-12-13-36(29-63)56-35)59-52(58-47)69-31-53(18-19-53)30-61-24-22-60(23-25-61)27-32-16-20-62(21-17-32)40-11-5-10-38-44(40)51(68)64(50(38)67)41-14-15-42(65)57-49(41)66/h1,3-11,26,32,35-36,41,56H,12-25,27-31H2,(H,57,65,66). The number of hydrogen-bond acceptors (Lipinski definition) is 13. The lowest BCUT2D eigenvalue weighted by Gasteiger charge is -2.40. The molecule has 3 aromatic carbocycles. The number of aromatic nitrogens is 3. The second kappa shape index (κ2) is 17.5. The fourth-order valence-electron chi connectivity index (χ4n) is 12.0. The van der Waals surface area contributed by atoms with E-state index in [0.29, 0.717) is 58.1 Å². The van der Waals surface area contributed by atoms with E-state index in [0.717, 1.165) is 125 Å². The van der Waals surface area contributed by atoms with Crippen molar-refractivity contribution in [1.29, 1.82) is 0 Å². The van der Waals surface area contributed by atoms with Gasteiger partial charge in [-0.25, -0.2) is 4.39 Å². The quantitative estimate of drug-likeness (QED) is 0.135. The van der Waals surface area contributed by atoms with Crippen molar-refractivity contribution in [2.24, 2.45) is 11.3 Å². The van der Waals surface area contributed by atoms with Crippen molar-refractivity contribution in [1.82, 2.24) is 40.3 Å². The van der Waals surface area contributed by atoms with E-state index in [1.807, 2.05) is 42.5 Å². The molecule has 69 heavy (non-hydrogen) atoms. The molecule has 8 heterocycles. The van der Waals surface area contributed by atoms with Crippen LogP contribution in [-0.2, 0) is 9.59 Å². The Morgan fingerprint density at radius 2 is 1.54 bits per heavy atom. The van der Waals surface area contributed by atoms with Crippen LogP contribution in [-0.4, -0.2) is 143 Å². The number of hydrogen-bond donors (Lipinski definition) is 2. The van der Waals surface area contributed by atoms with Gasteiger partial charge in [-0.2, -0.15) is 9.97 Å². The Hall–Kier alpha value is -6.54. The molecule has 0 spiro atoms. The number of piperidine rings is 2. The average Bonchev–Trinajstić information content (AvgIpc) is 3.98. The zero-order valence-corrected chi connectivity index (χ0v) is 38.6. The summed E-state index contributed by atoms with van der Waals surface area (Å²) in [7, 11) is 0. The molecule has 2 N–H and O–H groups in total. The van der Waals surface area contributed by atoms with Crippen molar-refractivity contribution in [2.45, 2.75) is 69.5 Å². The zero-order valence-electron chi connectivity index (χ0n) is 38.6. The van der Waals surface area contributed by atoms with Gasteiger partial charge in [0.25, 0.3) is 11.8 Å². The summed E-state index contributed by atoms with van der Waals surface area (Å²) in [6.45, 7) is 9.36. The maximum Gasteiger partial charge on any atom is 0.319 e. The SMILES string of the molecule is C#Cc1cccc2cccc(-c3ncc4c(N5CC6CCC(C5)N6)nc(OCC5(CN6CCN(CC7CCN(c8cccc9c8C(=O)N(C8CCC(=O)NC8=O)C9=O)CC7)CC6)CC5)nc4c3F)c12. The summed E-state index contributed by atoms with van der Waals surface area (Å²) >= 11 is 0. The predicted octanol–water partition coefficient (Wildman–Crippen LogP) is 5.00. The summed E-state index contributed by atoms with van der Waals surface area (Å²) in [6.07, 6.45) is 14.1. The zero-order chi connectivity index (χ0) is 47.0. The van der Waals surface area contributed by atoms with Gasteiger partial charge in [0.2, 0.25) is 11.8 Å². The summed E-state index contributed by atoms with van der Waals surface area (Å²) in [5, 5.41) is 8.24. The Bertz CT molecular complexity index is 2960. The number of rotatable bonds is 11. The third-order valence-electron chi connectivity index (χ3n) is 15.9. The molecule has 3 atom stereocenters. The van der Waals surface area contributed by atoms with E-state index in [-0.39, 0.29) is 41.4 Å². The molecule has 4 amide bonds. The number of carbonyl (C=O) groups is 4. The first-order valence-corrected chi connectivity index (χ1v) is 24.6. The van der Waals surface area contributed by atoms with Crippen molar-refractivity contribution in [3.63, 3.8) is 0 Å². The largest absolute Gasteiger partial charge is 0.463 e. The van der Waals surface area contributed by atoms with Crippen LogP contribution in [0.2, 0.25) is 0 Å². The highest BCUT2D eigenvalue weighted by Gasteiger charge is 2.47. The minimum atomic E-state index is -0.986. The third-order valence-corrected chi connectivity index (χ3v) is 15.9. The van der Waals surface area contributed by atoms with Gasteiger partial charge in [0.05, 0.1) is 28.8 Å². The van der Waals surface area contributed by atoms with E-state index in [2.05, 4.69) is 36.2 Å². The van der Waals surface area contributed by atoms with E-state index in [1.165, 1.54) is 0 Å². The molecular weight excluding hydrogens is 876 g/mol. The Labute approximate surface area is 399 Å². The summed E-state index contributed by atoms with van der Waals surface area (Å²) in [4.78, 5) is 76.8. The number of pyridine rings is 1. The average molecular weight is 931 g/mol. The molecule has 354 valence electrons. The molecule has 5 saturated heterocycles. The monoisotopic (exact) mass is 930 g/mol. The smallest absolute Gasteiger partial charge is 0.319 e. The Kier molecular flexibility index (Phi) is 11.1. The topological polar surface area (TPSA) is 156 Å². The van der Waals surface area contributed by atoms with E-state index < -0.39 is 29.6 Å². The van der Waals surface area contributed by atoms with E-state index >= 15 is 4.39 Å². The number of anilines is 2. The molecule has 2 bridgehead atoms. The number of ether oxygens (including phenoxy) is 1. The third kappa shape index (κ3) is 8.03. The van der Waals surface area contributed by atoms with Gasteiger partial charge in [-0.3, -0.25) is 34.4 Å². The van der Waals surface area contributed by atoms with Crippen LogP contribution in [0.25, 0.3) is 32.9 Å². The maximum absolute atomic E-state index is 17.1. The highest BCUT2D eigenvalue weighted by molar-refractivity contribution is 6.25. The van der Waals surface area contributed by atoms with Crippen LogP contribution in [0.4, 0.5) is 15.9 Å². The van der Waals surface area contributed by atoms with Gasteiger partial charge >= 0.3 is 6.01 Å². The van der Waals surface area contributed by atoms with Crippen LogP contribution in [0, 0.1) is 29.5 Å². The molecule has 7 aliphatic rings. The predicted molar refractivity (Wildman–Crippen MR) is 258 cm³/mol. The second-order valence-corrected chi connectivity index (χ2v) is 20.4. The number of fused-ring (bicyclic) bond motifs is 5. The molecule has 6 fully saturated rings. The summed E-state index contributed by atoms with van der Waals surface area (Å²) in [5.74, 6) is 1.49. The number of benzene rings is 3. The maximum atomic E-state index is 17.1. The lowest BCUT2D eigenvalue weighted by atomic mass is 9.94. The molecule has 16 heteroatoms. The molecule has 1 aliphatic carbocycles. The molecule has 6 aliphatic heterocycles. The van der Waals surface area contributed by atoms with Gasteiger partial charge in [0, 0.05) is 112 Å². The lowest BCUT2D eigenvalue weighted by Crippen LogP contribution is -2.54. The fourth-order valence-corrected chi connectivity index (χ4v) is 12.0. The fraction of sp³-hybridized carbons (Fsp3) is 0.453. The number of piperazine rings is 2. The Morgan fingerprint density at radius 3 is 2.28 bits per heavy atom. The van der Waals surface area contributed by atoms with Gasteiger partial charge in [-0.1, -0.05) is 42.3 Å². The summed E-state index contributed by atoms with van der Waals surface area (Å²) in [6, 6.07) is 16.7. The van der Waals surface area contributed by atoms with Crippen LogP contribution < -0.4 is 25.2 Å². The number of imide groups is 2. The van der Waals surface area contributed by atoms with Crippen LogP contribution in [0.1, 0.15) is 77.6 Å². The van der Waals surface area contributed by atoms with Gasteiger partial charge in [0.15, 0.2) is 5.82 Å². The highest BCUT2D eigenvalue weighted by Crippen LogP contribution is 2.47. The number of nitrogens with zero attached hydrogens (tertiary/aromatic N) is 8. The van der Waals surface area contributed by atoms with E-state index in [9.17, 15) is 19.2 Å². The first kappa shape index (κ1) is 43.7. The molecule has 0 radical (unpaired) electrons. The first-order valence-electron chi connectivity index (χ1n) is 24.6. The molecule has 5 aromatic rings. The van der Waals surface area contributed by atoms with Crippen LogP contribution in [0.15, 0.2) is 60.8 Å². The Morgan fingerprint density at radius 1 is 0.812 bits per heavy atom. The second-order valence-electron chi connectivity index (χ2n) is 20.4. The molecular formula is C53H55FN10O5. The van der Waals surface area contributed by atoms with Crippen molar-refractivity contribution in [2.75, 3.05) is 81.9 Å². The molecule has 12 rings (SSSR count). The van der Waals surface area contributed by atoms with Crippen LogP contribution >= 0.6 is 0 Å². The minimum absolute atomic E-state index is 0.0132. The number of terminal acetylenes is 1. The van der Waals surface area contributed by atoms with Gasteiger partial charge in [-0.15, -0.1) is 6.42 Å². The van der Waals surface area contributed by atoms with Crippen molar-refractivity contribution in [3.05, 3.63) is 83.3 Å². The number of halogens is 1. The normalized spacial score (nSPS) is 24.0. The Balaban J connectivity index is 0.686. The summed E-state index contributed by atoms with van der Waals surface area (Å²) < 4.78 is 23.6. The van der Waals surface area contributed by atoms with Crippen molar-refractivity contribution >= 4 is 56.8 Å². The van der Waals surface area contributed by atoms with Gasteiger partial charge in [-0.05, 0) is 74.4 Å². The van der Waals surface area contributed by atoms with Crippen LogP contribution in [0.3, 0.4) is 0 Å². The lowest BCUT2D eigenvalue weighted by molar-refractivity contribution is -0.136. The number of amides is 4. The van der Waals surface area contributed by atoms with E-state index in [4.69, 9.17) is 26.1 Å². The van der Waals surface area contributed by atoms with Crippen molar-refractivity contribution in [3.8, 4) is 29.6 Å². The van der Waals surface area contributed by atoms with Gasteiger partial charge in [0.1, 0.15) is 23.1 Å². The minimum Gasteiger partial charge on any atom is -0.463 e. The van der Waals surface area contributed by atoms with E-state index in [1.54, 1.807) is 18.3 Å². The number of carbonyl (C=O) groups excluding carboxylic acids is 4. The molecule has 2 aromatic heterocycles. The summed E-state index contributed by atoms with van der Waals surface area (Å²) in [5.41, 5.74) is 3.09. The van der Waals surface area contributed by atoms with Crippen LogP contribution in [0.5, 0.6) is 6.01 Å². The molecule has 1 saturated carbocycles. The molecule has 3 unspecified atom stereocenters.